The van der Waals surface area contributed by atoms with E-state index < -0.39 is 0 Å². The Labute approximate surface area is 136 Å². The van der Waals surface area contributed by atoms with Crippen molar-refractivity contribution in [3.05, 3.63) is 56.2 Å². The zero-order valence-corrected chi connectivity index (χ0v) is 13.8. The van der Waals surface area contributed by atoms with Crippen LogP contribution < -0.4 is 11.1 Å². The molecular formula is C16H15BrN2OS. The molecule has 1 aromatic heterocycles. The van der Waals surface area contributed by atoms with Gasteiger partial charge in [-0.25, -0.2) is 0 Å². The van der Waals surface area contributed by atoms with Crippen molar-refractivity contribution in [3.63, 3.8) is 0 Å². The van der Waals surface area contributed by atoms with E-state index in [9.17, 15) is 4.79 Å². The van der Waals surface area contributed by atoms with Crippen LogP contribution in [0.3, 0.4) is 0 Å². The molecule has 0 spiro atoms. The van der Waals surface area contributed by atoms with Gasteiger partial charge in [-0.3, -0.25) is 4.79 Å². The first-order chi connectivity index (χ1) is 10.2. The lowest BCUT2D eigenvalue weighted by atomic mass is 10.1. The van der Waals surface area contributed by atoms with Crippen LogP contribution in [0.1, 0.15) is 20.8 Å². The van der Waals surface area contributed by atoms with Gasteiger partial charge in [0.15, 0.2) is 0 Å². The lowest BCUT2D eigenvalue weighted by Gasteiger charge is -2.04. The summed E-state index contributed by atoms with van der Waals surface area (Å²) in [5.41, 5.74) is 6.82. The van der Waals surface area contributed by atoms with Gasteiger partial charge in [0.05, 0.1) is 10.3 Å². The average molecular weight is 363 g/mol. The molecule has 0 bridgehead atoms. The second-order valence-electron chi connectivity index (χ2n) is 4.29. The molecule has 1 aromatic carbocycles. The van der Waals surface area contributed by atoms with Crippen LogP contribution in [0.5, 0.6) is 0 Å². The summed E-state index contributed by atoms with van der Waals surface area (Å²) >= 11 is 5.11. The lowest BCUT2D eigenvalue weighted by Crippen LogP contribution is -2.25. The minimum absolute atomic E-state index is 0.0658. The summed E-state index contributed by atoms with van der Waals surface area (Å²) in [5, 5.41) is 2.92. The van der Waals surface area contributed by atoms with Crippen LogP contribution in [0.2, 0.25) is 0 Å². The summed E-state index contributed by atoms with van der Waals surface area (Å²) in [4.78, 5) is 13.2. The maximum Gasteiger partial charge on any atom is 0.251 e. The van der Waals surface area contributed by atoms with Gasteiger partial charge in [0.25, 0.3) is 5.91 Å². The van der Waals surface area contributed by atoms with Crippen LogP contribution in [-0.4, -0.2) is 19.0 Å². The van der Waals surface area contributed by atoms with Crippen LogP contribution in [0.25, 0.3) is 0 Å². The number of thiophene rings is 1. The van der Waals surface area contributed by atoms with E-state index in [4.69, 9.17) is 5.73 Å². The van der Waals surface area contributed by atoms with Crippen molar-refractivity contribution in [1.29, 1.82) is 0 Å². The zero-order valence-electron chi connectivity index (χ0n) is 11.4. The summed E-state index contributed by atoms with van der Waals surface area (Å²) in [6.07, 6.45) is 0.835. The molecule has 0 unspecified atom stereocenters. The third-order valence-electron chi connectivity index (χ3n) is 2.77. The van der Waals surface area contributed by atoms with E-state index in [-0.39, 0.29) is 5.91 Å². The van der Waals surface area contributed by atoms with Gasteiger partial charge < -0.3 is 11.1 Å². The van der Waals surface area contributed by atoms with Gasteiger partial charge in [0.1, 0.15) is 0 Å². The third-order valence-corrected chi connectivity index (χ3v) is 4.45. The number of rotatable bonds is 4. The molecule has 0 radical (unpaired) electrons. The van der Waals surface area contributed by atoms with Gasteiger partial charge in [0.2, 0.25) is 0 Å². The molecule has 0 aliphatic carbocycles. The molecule has 0 aliphatic heterocycles. The van der Waals surface area contributed by atoms with Crippen molar-refractivity contribution in [2.24, 2.45) is 5.73 Å². The number of hydrogen-bond donors (Lipinski definition) is 2. The predicted molar refractivity (Wildman–Crippen MR) is 90.4 cm³/mol. The fourth-order valence-electron chi connectivity index (χ4n) is 1.75. The van der Waals surface area contributed by atoms with Crippen molar-refractivity contribution in [2.45, 2.75) is 6.42 Å². The Morgan fingerprint density at radius 2 is 2.00 bits per heavy atom. The van der Waals surface area contributed by atoms with Gasteiger partial charge in [-0.15, -0.1) is 11.3 Å². The van der Waals surface area contributed by atoms with Crippen LogP contribution in [0.15, 0.2) is 40.2 Å². The van der Waals surface area contributed by atoms with Gasteiger partial charge in [-0.2, -0.15) is 0 Å². The monoisotopic (exact) mass is 362 g/mol. The molecule has 1 amide bonds. The van der Waals surface area contributed by atoms with Gasteiger partial charge in [-0.1, -0.05) is 11.8 Å². The minimum atomic E-state index is -0.0658. The number of nitrogens with two attached hydrogens (primary N) is 1. The second-order valence-corrected chi connectivity index (χ2v) is 6.84. The van der Waals surface area contributed by atoms with Crippen LogP contribution in [-0.2, 0) is 6.42 Å². The highest BCUT2D eigenvalue weighted by atomic mass is 79.9. The largest absolute Gasteiger partial charge is 0.352 e. The van der Waals surface area contributed by atoms with Crippen molar-refractivity contribution in [1.82, 2.24) is 5.32 Å². The molecule has 2 rings (SSSR count). The Hall–Kier alpha value is -1.61. The Morgan fingerprint density at radius 3 is 2.62 bits per heavy atom. The SMILES string of the molecule is NCC#Cc1ccc(C(=O)NCCc2ccc(Br)s2)cc1. The molecule has 1 heterocycles. The fourth-order valence-corrected chi connectivity index (χ4v) is 3.23. The summed E-state index contributed by atoms with van der Waals surface area (Å²) in [5.74, 6) is 5.64. The van der Waals surface area contributed by atoms with E-state index in [0.717, 1.165) is 15.8 Å². The highest BCUT2D eigenvalue weighted by molar-refractivity contribution is 9.11. The zero-order chi connectivity index (χ0) is 15.1. The first kappa shape index (κ1) is 15.8. The summed E-state index contributed by atoms with van der Waals surface area (Å²) in [6.45, 7) is 0.960. The Bertz CT molecular complexity index is 668. The Balaban J connectivity index is 1.85. The van der Waals surface area contributed by atoms with Crippen molar-refractivity contribution >= 4 is 33.2 Å². The maximum atomic E-state index is 12.0. The second kappa shape index (κ2) is 7.99. The average Bonchev–Trinajstić information content (AvgIpc) is 2.91. The van der Waals surface area contributed by atoms with E-state index in [1.807, 2.05) is 18.2 Å². The number of carbonyl (C=O) groups excluding carboxylic acids is 1. The minimum Gasteiger partial charge on any atom is -0.352 e. The highest BCUT2D eigenvalue weighted by Crippen LogP contribution is 2.22. The standard InChI is InChI=1S/C16H15BrN2OS/c17-15-8-7-14(21-15)9-11-19-16(20)13-5-3-12(4-6-13)2-1-10-18/h3-8H,9-11,18H2,(H,19,20). The molecule has 2 aromatic rings. The molecule has 0 atom stereocenters. The van der Waals surface area contributed by atoms with Crippen molar-refractivity contribution in [3.8, 4) is 11.8 Å². The molecule has 108 valence electrons. The number of halogens is 1. The van der Waals surface area contributed by atoms with Gasteiger partial charge in [-0.05, 0) is 58.7 Å². The predicted octanol–water partition coefficient (Wildman–Crippen LogP) is 2.79. The topological polar surface area (TPSA) is 55.1 Å². The number of nitrogens with one attached hydrogen (secondary N) is 1. The van der Waals surface area contributed by atoms with E-state index in [1.165, 1.54) is 4.88 Å². The fraction of sp³-hybridized carbons (Fsp3) is 0.188. The summed E-state index contributed by atoms with van der Waals surface area (Å²) in [6, 6.07) is 11.3. The molecule has 0 saturated heterocycles. The molecule has 3 N–H and O–H groups in total. The molecular weight excluding hydrogens is 348 g/mol. The van der Waals surface area contributed by atoms with Crippen LogP contribution in [0.4, 0.5) is 0 Å². The summed E-state index contributed by atoms with van der Waals surface area (Å²) in [7, 11) is 0. The van der Waals surface area contributed by atoms with Crippen molar-refractivity contribution in [2.75, 3.05) is 13.1 Å². The molecule has 0 saturated carbocycles. The van der Waals surface area contributed by atoms with Gasteiger partial charge in [0, 0.05) is 22.5 Å². The first-order valence-electron chi connectivity index (χ1n) is 6.50. The highest BCUT2D eigenvalue weighted by Gasteiger charge is 2.05. The number of hydrogen-bond acceptors (Lipinski definition) is 3. The molecule has 0 aliphatic rings. The first-order valence-corrected chi connectivity index (χ1v) is 8.11. The van der Waals surface area contributed by atoms with E-state index in [1.54, 1.807) is 23.5 Å². The van der Waals surface area contributed by atoms with Crippen LogP contribution in [0, 0.1) is 11.8 Å². The van der Waals surface area contributed by atoms with Crippen LogP contribution >= 0.6 is 27.3 Å². The van der Waals surface area contributed by atoms with E-state index in [2.05, 4.69) is 39.2 Å². The lowest BCUT2D eigenvalue weighted by molar-refractivity contribution is 0.0954. The number of carbonyl (C=O) groups is 1. The molecule has 5 heteroatoms. The molecule has 0 fully saturated rings. The van der Waals surface area contributed by atoms with E-state index >= 15 is 0 Å². The van der Waals surface area contributed by atoms with E-state index in [0.29, 0.717) is 18.7 Å². The smallest absolute Gasteiger partial charge is 0.251 e. The normalized spacial score (nSPS) is 9.81. The Morgan fingerprint density at radius 1 is 1.24 bits per heavy atom. The molecule has 21 heavy (non-hydrogen) atoms. The third kappa shape index (κ3) is 5.01. The van der Waals surface area contributed by atoms with Gasteiger partial charge >= 0.3 is 0 Å². The number of amides is 1. The number of benzene rings is 1. The van der Waals surface area contributed by atoms with Crippen molar-refractivity contribution < 1.29 is 4.79 Å². The Kier molecular flexibility index (Phi) is 6.00. The molecule has 3 nitrogen and oxygen atoms in total. The summed E-state index contributed by atoms with van der Waals surface area (Å²) < 4.78 is 1.11. The maximum absolute atomic E-state index is 12.0. The quantitative estimate of drug-likeness (QED) is 0.821.